The Balaban J connectivity index is 1.30. The molecule has 0 N–H and O–H groups in total. The quantitative estimate of drug-likeness (QED) is 0.140. The maximum Gasteiger partial charge on any atom is 0.0600 e. The minimum atomic E-state index is -0.0762. The van der Waals surface area contributed by atoms with Crippen LogP contribution < -0.4 is 9.80 Å². The van der Waals surface area contributed by atoms with E-state index in [0.29, 0.717) is 0 Å². The predicted molar refractivity (Wildman–Crippen MR) is 282 cm³/mol. The maximum atomic E-state index is 4.50. The molecule has 2 nitrogen and oxygen atoms in total. The molecule has 0 saturated carbocycles. The van der Waals surface area contributed by atoms with Crippen molar-refractivity contribution in [2.75, 3.05) is 22.9 Å². The van der Waals surface area contributed by atoms with Gasteiger partial charge in [-0.15, -0.1) is 0 Å². The molecule has 10 rings (SSSR count). The van der Waals surface area contributed by atoms with Crippen molar-refractivity contribution in [3.05, 3.63) is 188 Å². The molecule has 2 aliphatic rings. The van der Waals surface area contributed by atoms with Crippen LogP contribution in [0.1, 0.15) is 125 Å². The van der Waals surface area contributed by atoms with E-state index in [2.05, 4.69) is 229 Å². The number of halogens is 2. The monoisotopic (exact) mass is 968 g/mol. The lowest BCUT2D eigenvalue weighted by atomic mass is 9.77. The van der Waals surface area contributed by atoms with Gasteiger partial charge in [0.15, 0.2) is 0 Å². The first-order valence-corrected chi connectivity index (χ1v) is 25.4. The average molecular weight is 971 g/mol. The number of hydrogen-bond acceptors (Lipinski definition) is 2. The molecule has 2 heterocycles. The van der Waals surface area contributed by atoms with Crippen LogP contribution in [-0.2, 0) is 10.8 Å². The van der Waals surface area contributed by atoms with Crippen LogP contribution in [0.5, 0.6) is 0 Å². The van der Waals surface area contributed by atoms with Crippen LogP contribution in [-0.4, -0.2) is 25.2 Å². The smallest absolute Gasteiger partial charge is 0.0600 e. The highest BCUT2D eigenvalue weighted by molar-refractivity contribution is 9.11. The first kappa shape index (κ1) is 43.3. The molecule has 2 atom stereocenters. The maximum absolute atomic E-state index is 4.50. The topological polar surface area (TPSA) is 6.48 Å². The number of piperidine rings is 2. The molecule has 2 aliphatic heterocycles. The number of rotatable bonds is 8. The number of benzene rings is 8. The van der Waals surface area contributed by atoms with Crippen molar-refractivity contribution >= 4 is 75.6 Å². The second kappa shape index (κ2) is 17.3. The van der Waals surface area contributed by atoms with E-state index in [-0.39, 0.29) is 34.7 Å². The molecule has 2 fully saturated rings. The minimum Gasteiger partial charge on any atom is -0.366 e. The first-order valence-electron chi connectivity index (χ1n) is 23.8. The average Bonchev–Trinajstić information content (AvgIpc) is 3.30. The molecular weight excluding hydrogens is 908 g/mol. The molecule has 64 heavy (non-hydrogen) atoms. The second-order valence-corrected chi connectivity index (χ2v) is 22.4. The van der Waals surface area contributed by atoms with E-state index < -0.39 is 0 Å². The highest BCUT2D eigenvalue weighted by Crippen LogP contribution is 2.56. The lowest BCUT2D eigenvalue weighted by Crippen LogP contribution is -2.44. The molecule has 2 unspecified atom stereocenters. The molecule has 8 aromatic carbocycles. The van der Waals surface area contributed by atoms with Crippen molar-refractivity contribution in [3.63, 3.8) is 0 Å². The number of anilines is 2. The Bertz CT molecular complexity index is 2640. The van der Waals surface area contributed by atoms with Gasteiger partial charge in [-0.05, 0) is 155 Å². The molecule has 0 spiro atoms. The fourth-order valence-electron chi connectivity index (χ4n) is 11.5. The zero-order valence-corrected chi connectivity index (χ0v) is 41.6. The Labute approximate surface area is 398 Å². The van der Waals surface area contributed by atoms with Gasteiger partial charge >= 0.3 is 0 Å². The van der Waals surface area contributed by atoms with Gasteiger partial charge in [0.2, 0.25) is 0 Å². The van der Waals surface area contributed by atoms with Gasteiger partial charge in [0.1, 0.15) is 0 Å². The summed E-state index contributed by atoms with van der Waals surface area (Å²) >= 11 is 8.99. The molecule has 0 aliphatic carbocycles. The number of hydrogen-bond donors (Lipinski definition) is 0. The molecular formula is C60H62Br2N2. The van der Waals surface area contributed by atoms with E-state index in [4.69, 9.17) is 0 Å². The predicted octanol–water partition coefficient (Wildman–Crippen LogP) is 17.1. The summed E-state index contributed by atoms with van der Waals surface area (Å²) in [4.78, 5) is 5.70. The van der Waals surface area contributed by atoms with Crippen molar-refractivity contribution in [2.45, 2.75) is 115 Å². The van der Waals surface area contributed by atoms with Crippen LogP contribution in [0.4, 0.5) is 11.4 Å². The van der Waals surface area contributed by atoms with Crippen molar-refractivity contribution in [1.82, 2.24) is 0 Å². The van der Waals surface area contributed by atoms with Gasteiger partial charge in [-0.1, -0.05) is 163 Å². The van der Waals surface area contributed by atoms with Crippen LogP contribution in [0.3, 0.4) is 0 Å². The van der Waals surface area contributed by atoms with Gasteiger partial charge in [0.25, 0.3) is 0 Å². The van der Waals surface area contributed by atoms with Gasteiger partial charge in [-0.2, -0.15) is 0 Å². The van der Waals surface area contributed by atoms with Gasteiger partial charge in [0, 0.05) is 62.1 Å². The first-order chi connectivity index (χ1) is 30.9. The van der Waals surface area contributed by atoms with Crippen molar-refractivity contribution in [3.8, 4) is 0 Å². The van der Waals surface area contributed by atoms with Crippen LogP contribution in [0, 0.1) is 0 Å². The third-order valence-corrected chi connectivity index (χ3v) is 16.3. The van der Waals surface area contributed by atoms with Crippen molar-refractivity contribution in [1.29, 1.82) is 0 Å². The Kier molecular flexibility index (Phi) is 11.7. The normalized spacial score (nSPS) is 17.7. The summed E-state index contributed by atoms with van der Waals surface area (Å²) in [5.41, 5.74) is 10.9. The van der Waals surface area contributed by atoms with E-state index in [0.717, 1.165) is 25.9 Å². The molecule has 0 bridgehead atoms. The Morgan fingerprint density at radius 2 is 0.719 bits per heavy atom. The van der Waals surface area contributed by atoms with Crippen molar-refractivity contribution < 1.29 is 0 Å². The molecule has 0 radical (unpaired) electrons. The SMILES string of the molecule is CC(C)(C)c1cc2c(Br)c(N3CCCCC3C(c3ccccc3)c3ccccc3)c3cc(C(C)(C)C)cc4c(N5CCCCC5C(c5ccccc5)c5ccccc5)c(Br)c(c1)c2c34. The highest BCUT2D eigenvalue weighted by atomic mass is 79.9. The zero-order valence-electron chi connectivity index (χ0n) is 38.5. The lowest BCUT2D eigenvalue weighted by Gasteiger charge is -2.45. The molecule has 4 heteroatoms. The summed E-state index contributed by atoms with van der Waals surface area (Å²) in [6.45, 7) is 16.3. The van der Waals surface area contributed by atoms with E-state index >= 15 is 0 Å². The van der Waals surface area contributed by atoms with Crippen molar-refractivity contribution in [2.24, 2.45) is 0 Å². The van der Waals surface area contributed by atoms with E-state index in [1.165, 1.54) is 112 Å². The van der Waals surface area contributed by atoms with Crippen LogP contribution in [0.15, 0.2) is 155 Å². The summed E-state index contributed by atoms with van der Waals surface area (Å²) in [5, 5.41) is 8.12. The van der Waals surface area contributed by atoms with Gasteiger partial charge in [-0.3, -0.25) is 0 Å². The molecule has 8 aromatic rings. The number of nitrogens with zero attached hydrogens (tertiary/aromatic N) is 2. The third-order valence-electron chi connectivity index (χ3n) is 14.7. The van der Waals surface area contributed by atoms with Gasteiger partial charge in [-0.25, -0.2) is 0 Å². The second-order valence-electron chi connectivity index (χ2n) is 20.8. The summed E-state index contributed by atoms with van der Waals surface area (Å²) in [5.74, 6) is 0.447. The van der Waals surface area contributed by atoms with E-state index in [9.17, 15) is 0 Å². The molecule has 326 valence electrons. The fourth-order valence-corrected chi connectivity index (χ4v) is 13.0. The van der Waals surface area contributed by atoms with Crippen LogP contribution in [0.2, 0.25) is 0 Å². The Morgan fingerprint density at radius 1 is 0.422 bits per heavy atom. The van der Waals surface area contributed by atoms with Gasteiger partial charge < -0.3 is 9.80 Å². The molecule has 0 aromatic heterocycles. The minimum absolute atomic E-state index is 0.0538. The largest absolute Gasteiger partial charge is 0.366 e. The van der Waals surface area contributed by atoms with E-state index in [1.807, 2.05) is 0 Å². The van der Waals surface area contributed by atoms with E-state index in [1.54, 1.807) is 0 Å². The van der Waals surface area contributed by atoms with Crippen LogP contribution in [0.25, 0.3) is 32.3 Å². The molecule has 2 saturated heterocycles. The standard InChI is InChI=1S/C60H62Br2N2/c1-59(2,3)43-35-45-53-46(36-43)56(62)58(64-34-22-20-32-50(64)52(41-27-15-9-16-28-41)42-29-17-10-18-30-42)48-38-44(60(4,5)6)37-47(54(48)53)57(55(45)61)63-33-21-19-31-49(63)51(39-23-11-7-12-24-39)40-25-13-8-14-26-40/h7-18,23-30,35-38,49-52H,19-22,31-34H2,1-6H3. The Hall–Kier alpha value is -4.64. The zero-order chi connectivity index (χ0) is 44.3. The highest BCUT2D eigenvalue weighted by Gasteiger charge is 2.39. The fraction of sp³-hybridized carbons (Fsp3) is 0.333. The summed E-state index contributed by atoms with van der Waals surface area (Å²) in [6.07, 6.45) is 7.04. The van der Waals surface area contributed by atoms with Crippen LogP contribution >= 0.6 is 31.9 Å². The lowest BCUT2D eigenvalue weighted by molar-refractivity contribution is 0.427. The summed E-state index contributed by atoms with van der Waals surface area (Å²) in [7, 11) is 0. The molecule has 0 amide bonds. The van der Waals surface area contributed by atoms with Gasteiger partial charge in [0.05, 0.1) is 11.4 Å². The Morgan fingerprint density at radius 3 is 1.03 bits per heavy atom. The third kappa shape index (κ3) is 7.75. The summed E-state index contributed by atoms with van der Waals surface area (Å²) in [6, 6.07) is 56.1. The summed E-state index contributed by atoms with van der Waals surface area (Å²) < 4.78 is 2.44.